The Hall–Kier alpha value is -2.36. The summed E-state index contributed by atoms with van der Waals surface area (Å²) in [6.07, 6.45) is 0. The van der Waals surface area contributed by atoms with E-state index < -0.39 is 0 Å². The molecule has 0 heterocycles. The topological polar surface area (TPSA) is 53.1 Å². The highest BCUT2D eigenvalue weighted by Crippen LogP contribution is 2.30. The molecule has 110 valence electrons. The predicted octanol–water partition coefficient (Wildman–Crippen LogP) is 3.62. The zero-order chi connectivity index (χ0) is 15.6. The molecule has 2 aromatic carbocycles. The van der Waals surface area contributed by atoms with Crippen molar-refractivity contribution in [2.24, 2.45) is 5.73 Å². The van der Waals surface area contributed by atoms with Gasteiger partial charge < -0.3 is 10.6 Å². The Bertz CT molecular complexity index is 667. The Labute approximate surface area is 124 Å². The summed E-state index contributed by atoms with van der Waals surface area (Å²) in [6, 6.07) is 12.3. The van der Waals surface area contributed by atoms with E-state index in [1.807, 2.05) is 50.1 Å². The van der Waals surface area contributed by atoms with Gasteiger partial charge in [0.05, 0.1) is 6.04 Å². The van der Waals surface area contributed by atoms with Gasteiger partial charge in [0.15, 0.2) is 0 Å². The van der Waals surface area contributed by atoms with E-state index in [-0.39, 0.29) is 17.7 Å². The molecule has 0 amide bonds. The van der Waals surface area contributed by atoms with E-state index in [9.17, 15) is 4.39 Å². The molecule has 2 rings (SSSR count). The number of amidine groups is 1. The van der Waals surface area contributed by atoms with E-state index in [1.165, 1.54) is 6.07 Å². The summed E-state index contributed by atoms with van der Waals surface area (Å²) < 4.78 is 14.0. The third-order valence-electron chi connectivity index (χ3n) is 3.76. The van der Waals surface area contributed by atoms with Gasteiger partial charge in [-0.1, -0.05) is 24.3 Å². The molecule has 0 aliphatic heterocycles. The lowest BCUT2D eigenvalue weighted by Crippen LogP contribution is -2.26. The number of anilines is 1. The molecule has 1 unspecified atom stereocenters. The van der Waals surface area contributed by atoms with Gasteiger partial charge in [0.1, 0.15) is 11.7 Å². The number of rotatable bonds is 4. The summed E-state index contributed by atoms with van der Waals surface area (Å²) in [5.41, 5.74) is 8.84. The molecule has 0 saturated heterocycles. The number of nitrogen functional groups attached to an aromatic ring is 1. The van der Waals surface area contributed by atoms with Gasteiger partial charge in [0, 0.05) is 23.9 Å². The first kappa shape index (κ1) is 15.0. The van der Waals surface area contributed by atoms with E-state index in [2.05, 4.69) is 0 Å². The molecule has 0 saturated carbocycles. The summed E-state index contributed by atoms with van der Waals surface area (Å²) in [5.74, 6) is -0.216. The van der Waals surface area contributed by atoms with E-state index >= 15 is 0 Å². The SMILES string of the molecule is Cc1ccc(C(=N)N)c(N(C)C(C)c2ccccc2F)c1. The molecular formula is C17H20FN3. The minimum atomic E-state index is -0.228. The van der Waals surface area contributed by atoms with Crippen LogP contribution in [0.1, 0.15) is 29.7 Å². The highest BCUT2D eigenvalue weighted by molar-refractivity contribution is 6.00. The van der Waals surface area contributed by atoms with Crippen molar-refractivity contribution < 1.29 is 4.39 Å². The maximum Gasteiger partial charge on any atom is 0.128 e. The summed E-state index contributed by atoms with van der Waals surface area (Å²) in [7, 11) is 1.89. The van der Waals surface area contributed by atoms with Crippen molar-refractivity contribution >= 4 is 11.5 Å². The van der Waals surface area contributed by atoms with Crippen molar-refractivity contribution in [3.63, 3.8) is 0 Å². The summed E-state index contributed by atoms with van der Waals surface area (Å²) in [5, 5.41) is 7.70. The second kappa shape index (κ2) is 5.95. The number of hydrogen-bond acceptors (Lipinski definition) is 2. The summed E-state index contributed by atoms with van der Waals surface area (Å²) in [4.78, 5) is 1.95. The van der Waals surface area contributed by atoms with Crippen LogP contribution < -0.4 is 10.6 Å². The number of nitrogens with one attached hydrogen (secondary N) is 1. The second-order valence-electron chi connectivity index (χ2n) is 5.24. The molecule has 3 nitrogen and oxygen atoms in total. The quantitative estimate of drug-likeness (QED) is 0.666. The van der Waals surface area contributed by atoms with Crippen molar-refractivity contribution in [2.75, 3.05) is 11.9 Å². The molecule has 3 N–H and O–H groups in total. The molecule has 0 radical (unpaired) electrons. The van der Waals surface area contributed by atoms with E-state index in [4.69, 9.17) is 11.1 Å². The number of aryl methyl sites for hydroxylation is 1. The van der Waals surface area contributed by atoms with Gasteiger partial charge in [-0.3, -0.25) is 5.41 Å². The van der Waals surface area contributed by atoms with Crippen molar-refractivity contribution in [1.29, 1.82) is 5.41 Å². The Morgan fingerprint density at radius 1 is 1.24 bits per heavy atom. The van der Waals surface area contributed by atoms with Crippen molar-refractivity contribution in [2.45, 2.75) is 19.9 Å². The van der Waals surface area contributed by atoms with E-state index in [1.54, 1.807) is 12.1 Å². The van der Waals surface area contributed by atoms with Crippen molar-refractivity contribution in [3.8, 4) is 0 Å². The standard InChI is InChI=1S/C17H20FN3/c1-11-8-9-14(17(19)20)16(10-11)21(3)12(2)13-6-4-5-7-15(13)18/h4-10,12H,1-3H3,(H3,19,20). The minimum absolute atomic E-state index is 0.0117. The molecule has 0 aromatic heterocycles. The fourth-order valence-electron chi connectivity index (χ4n) is 2.39. The van der Waals surface area contributed by atoms with Gasteiger partial charge in [-0.2, -0.15) is 0 Å². The molecular weight excluding hydrogens is 265 g/mol. The van der Waals surface area contributed by atoms with Gasteiger partial charge in [-0.25, -0.2) is 4.39 Å². The van der Waals surface area contributed by atoms with Crippen LogP contribution in [-0.2, 0) is 0 Å². The van der Waals surface area contributed by atoms with E-state index in [0.717, 1.165) is 11.3 Å². The van der Waals surface area contributed by atoms with Crippen LogP contribution in [0.4, 0.5) is 10.1 Å². The third kappa shape index (κ3) is 3.05. The zero-order valence-corrected chi connectivity index (χ0v) is 12.5. The number of nitrogens with zero attached hydrogens (tertiary/aromatic N) is 1. The van der Waals surface area contributed by atoms with Gasteiger partial charge in [-0.15, -0.1) is 0 Å². The average Bonchev–Trinajstić information content (AvgIpc) is 2.45. The molecule has 0 aliphatic carbocycles. The van der Waals surface area contributed by atoms with Gasteiger partial charge in [0.2, 0.25) is 0 Å². The lowest BCUT2D eigenvalue weighted by atomic mass is 10.0. The van der Waals surface area contributed by atoms with Crippen molar-refractivity contribution in [1.82, 2.24) is 0 Å². The number of benzene rings is 2. The fourth-order valence-corrected chi connectivity index (χ4v) is 2.39. The molecule has 21 heavy (non-hydrogen) atoms. The predicted molar refractivity (Wildman–Crippen MR) is 85.4 cm³/mol. The largest absolute Gasteiger partial charge is 0.384 e. The lowest BCUT2D eigenvalue weighted by Gasteiger charge is -2.29. The Morgan fingerprint density at radius 2 is 1.90 bits per heavy atom. The van der Waals surface area contributed by atoms with Gasteiger partial charge in [-0.05, 0) is 37.6 Å². The number of halogens is 1. The lowest BCUT2D eigenvalue weighted by molar-refractivity contribution is 0.585. The Morgan fingerprint density at radius 3 is 2.52 bits per heavy atom. The van der Waals surface area contributed by atoms with Crippen LogP contribution in [0.5, 0.6) is 0 Å². The van der Waals surface area contributed by atoms with Crippen LogP contribution in [0.2, 0.25) is 0 Å². The van der Waals surface area contributed by atoms with E-state index in [0.29, 0.717) is 11.1 Å². The van der Waals surface area contributed by atoms with Crippen LogP contribution in [0.3, 0.4) is 0 Å². The molecule has 0 bridgehead atoms. The monoisotopic (exact) mass is 285 g/mol. The third-order valence-corrected chi connectivity index (χ3v) is 3.76. The number of hydrogen-bond donors (Lipinski definition) is 2. The van der Waals surface area contributed by atoms with Crippen LogP contribution in [0.15, 0.2) is 42.5 Å². The molecule has 0 spiro atoms. The average molecular weight is 285 g/mol. The summed E-state index contributed by atoms with van der Waals surface area (Å²) >= 11 is 0. The Balaban J connectivity index is 2.44. The maximum absolute atomic E-state index is 14.0. The van der Waals surface area contributed by atoms with Crippen molar-refractivity contribution in [3.05, 3.63) is 65.0 Å². The molecule has 4 heteroatoms. The first-order valence-electron chi connectivity index (χ1n) is 6.84. The highest BCUT2D eigenvalue weighted by atomic mass is 19.1. The zero-order valence-electron chi connectivity index (χ0n) is 12.5. The van der Waals surface area contributed by atoms with Gasteiger partial charge >= 0.3 is 0 Å². The van der Waals surface area contributed by atoms with Crippen LogP contribution in [-0.4, -0.2) is 12.9 Å². The summed E-state index contributed by atoms with van der Waals surface area (Å²) in [6.45, 7) is 3.92. The minimum Gasteiger partial charge on any atom is -0.384 e. The van der Waals surface area contributed by atoms with Crippen LogP contribution in [0.25, 0.3) is 0 Å². The van der Waals surface area contributed by atoms with Crippen LogP contribution in [0, 0.1) is 18.2 Å². The fraction of sp³-hybridized carbons (Fsp3) is 0.235. The first-order chi connectivity index (χ1) is 9.91. The van der Waals surface area contributed by atoms with Gasteiger partial charge in [0.25, 0.3) is 0 Å². The smallest absolute Gasteiger partial charge is 0.128 e. The molecule has 0 aliphatic rings. The molecule has 2 aromatic rings. The highest BCUT2D eigenvalue weighted by Gasteiger charge is 2.19. The molecule has 1 atom stereocenters. The van der Waals surface area contributed by atoms with Crippen LogP contribution >= 0.6 is 0 Å². The number of nitrogens with two attached hydrogens (primary N) is 1. The molecule has 0 fully saturated rings. The normalized spacial score (nSPS) is 12.0. The Kier molecular flexibility index (Phi) is 4.26. The first-order valence-corrected chi connectivity index (χ1v) is 6.84. The second-order valence-corrected chi connectivity index (χ2v) is 5.24. The maximum atomic E-state index is 14.0.